The van der Waals surface area contributed by atoms with Gasteiger partial charge in [0.2, 0.25) is 5.91 Å². The van der Waals surface area contributed by atoms with Gasteiger partial charge in [0.1, 0.15) is 11.6 Å². The summed E-state index contributed by atoms with van der Waals surface area (Å²) in [5.74, 6) is -1.41. The van der Waals surface area contributed by atoms with E-state index in [1.165, 1.54) is 30.3 Å². The molecule has 92 valence electrons. The summed E-state index contributed by atoms with van der Waals surface area (Å²) in [5, 5.41) is 2.41. The molecule has 1 amide bonds. The number of para-hydroxylation sites is 1. The Kier molecular flexibility index (Phi) is 3.67. The number of halogens is 2. The molecule has 0 atom stereocenters. The predicted molar refractivity (Wildman–Crippen MR) is 65.1 cm³/mol. The van der Waals surface area contributed by atoms with E-state index in [0.29, 0.717) is 0 Å². The number of nitrogens with one attached hydrogen (secondary N) is 1. The van der Waals surface area contributed by atoms with Crippen LogP contribution in [0.15, 0.2) is 48.5 Å². The summed E-state index contributed by atoms with van der Waals surface area (Å²) in [7, 11) is 0. The molecule has 2 rings (SSSR count). The van der Waals surface area contributed by atoms with Crippen LogP contribution in [0.5, 0.6) is 0 Å². The lowest BCUT2D eigenvalue weighted by Gasteiger charge is -2.06. The van der Waals surface area contributed by atoms with Crippen LogP contribution >= 0.6 is 0 Å². The van der Waals surface area contributed by atoms with Crippen LogP contribution in [0.25, 0.3) is 0 Å². The molecule has 2 aromatic rings. The van der Waals surface area contributed by atoms with Gasteiger partial charge in [0, 0.05) is 0 Å². The second kappa shape index (κ2) is 5.40. The minimum absolute atomic E-state index is 0.0961. The van der Waals surface area contributed by atoms with E-state index in [2.05, 4.69) is 5.32 Å². The normalized spacial score (nSPS) is 10.1. The van der Waals surface area contributed by atoms with Crippen molar-refractivity contribution in [1.82, 2.24) is 0 Å². The molecule has 0 saturated carbocycles. The van der Waals surface area contributed by atoms with Crippen molar-refractivity contribution >= 4 is 11.6 Å². The van der Waals surface area contributed by atoms with E-state index in [9.17, 15) is 13.6 Å². The van der Waals surface area contributed by atoms with Crippen LogP contribution in [0.4, 0.5) is 14.5 Å². The molecule has 18 heavy (non-hydrogen) atoms. The Balaban J connectivity index is 2.06. The molecule has 0 heterocycles. The standard InChI is InChI=1S/C14H11F2NO/c15-11-6-2-1-5-10(11)9-14(18)17-13-8-4-3-7-12(13)16/h1-8H,9H2,(H,17,18). The number of carbonyl (C=O) groups is 1. The maximum absolute atomic E-state index is 13.3. The Hall–Kier alpha value is -2.23. The first-order valence-electron chi connectivity index (χ1n) is 5.44. The van der Waals surface area contributed by atoms with E-state index in [1.807, 2.05) is 0 Å². The van der Waals surface area contributed by atoms with Crippen molar-refractivity contribution in [2.45, 2.75) is 6.42 Å². The van der Waals surface area contributed by atoms with E-state index in [4.69, 9.17) is 0 Å². The van der Waals surface area contributed by atoms with Crippen LogP contribution in [-0.2, 0) is 11.2 Å². The molecular weight excluding hydrogens is 236 g/mol. The molecule has 4 heteroatoms. The predicted octanol–water partition coefficient (Wildman–Crippen LogP) is 3.15. The number of carbonyl (C=O) groups excluding carboxylic acids is 1. The van der Waals surface area contributed by atoms with Crippen molar-refractivity contribution in [2.24, 2.45) is 0 Å². The van der Waals surface area contributed by atoms with Gasteiger partial charge in [-0.2, -0.15) is 0 Å². The molecular formula is C14H11F2NO. The summed E-state index contributed by atoms with van der Waals surface area (Å²) in [5.41, 5.74) is 0.380. The summed E-state index contributed by atoms with van der Waals surface area (Å²) >= 11 is 0. The van der Waals surface area contributed by atoms with E-state index >= 15 is 0 Å². The lowest BCUT2D eigenvalue weighted by atomic mass is 10.1. The summed E-state index contributed by atoms with van der Waals surface area (Å²) in [4.78, 5) is 11.6. The highest BCUT2D eigenvalue weighted by molar-refractivity contribution is 5.92. The first-order chi connectivity index (χ1) is 8.66. The zero-order chi connectivity index (χ0) is 13.0. The van der Waals surface area contributed by atoms with Gasteiger partial charge < -0.3 is 5.32 Å². The van der Waals surface area contributed by atoms with Crippen molar-refractivity contribution in [3.05, 3.63) is 65.7 Å². The van der Waals surface area contributed by atoms with Crippen molar-refractivity contribution in [3.63, 3.8) is 0 Å². The molecule has 0 aliphatic rings. The van der Waals surface area contributed by atoms with Crippen LogP contribution in [0.2, 0.25) is 0 Å². The SMILES string of the molecule is O=C(Cc1ccccc1F)Nc1ccccc1F. The lowest BCUT2D eigenvalue weighted by molar-refractivity contribution is -0.115. The van der Waals surface area contributed by atoms with E-state index in [1.54, 1.807) is 18.2 Å². The van der Waals surface area contributed by atoms with Crippen LogP contribution in [0, 0.1) is 11.6 Å². The van der Waals surface area contributed by atoms with Gasteiger partial charge in [-0.1, -0.05) is 30.3 Å². The van der Waals surface area contributed by atoms with Crippen LogP contribution < -0.4 is 5.32 Å². The second-order valence-corrected chi connectivity index (χ2v) is 3.80. The number of amides is 1. The third kappa shape index (κ3) is 2.91. The highest BCUT2D eigenvalue weighted by Gasteiger charge is 2.09. The van der Waals surface area contributed by atoms with Gasteiger partial charge in [-0.25, -0.2) is 8.78 Å². The first kappa shape index (κ1) is 12.2. The van der Waals surface area contributed by atoms with Gasteiger partial charge in [-0.05, 0) is 23.8 Å². The molecule has 0 radical (unpaired) electrons. The van der Waals surface area contributed by atoms with Crippen molar-refractivity contribution < 1.29 is 13.6 Å². The number of anilines is 1. The minimum Gasteiger partial charge on any atom is -0.323 e. The van der Waals surface area contributed by atoms with Crippen molar-refractivity contribution in [3.8, 4) is 0 Å². The molecule has 0 aliphatic heterocycles. The first-order valence-corrected chi connectivity index (χ1v) is 5.44. The van der Waals surface area contributed by atoms with Crippen LogP contribution in [0.1, 0.15) is 5.56 Å². The molecule has 0 saturated heterocycles. The molecule has 2 nitrogen and oxygen atoms in total. The Labute approximate surface area is 103 Å². The topological polar surface area (TPSA) is 29.1 Å². The second-order valence-electron chi connectivity index (χ2n) is 3.80. The molecule has 2 aromatic carbocycles. The quantitative estimate of drug-likeness (QED) is 0.886. The van der Waals surface area contributed by atoms with Gasteiger partial charge in [-0.15, -0.1) is 0 Å². The summed E-state index contributed by atoms with van der Waals surface area (Å²) < 4.78 is 26.6. The van der Waals surface area contributed by atoms with Gasteiger partial charge in [-0.3, -0.25) is 4.79 Å². The smallest absolute Gasteiger partial charge is 0.228 e. The third-order valence-corrected chi connectivity index (χ3v) is 2.46. The highest BCUT2D eigenvalue weighted by atomic mass is 19.1. The Morgan fingerprint density at radius 3 is 2.22 bits per heavy atom. The van der Waals surface area contributed by atoms with Crippen LogP contribution in [0.3, 0.4) is 0 Å². The Morgan fingerprint density at radius 1 is 0.944 bits per heavy atom. The average molecular weight is 247 g/mol. The monoisotopic (exact) mass is 247 g/mol. The lowest BCUT2D eigenvalue weighted by Crippen LogP contribution is -2.16. The zero-order valence-electron chi connectivity index (χ0n) is 9.49. The molecule has 0 aromatic heterocycles. The van der Waals surface area contributed by atoms with Crippen molar-refractivity contribution in [2.75, 3.05) is 5.32 Å². The Bertz CT molecular complexity index is 520. The minimum atomic E-state index is -0.514. The average Bonchev–Trinajstić information content (AvgIpc) is 2.35. The van der Waals surface area contributed by atoms with Gasteiger partial charge in [0.25, 0.3) is 0 Å². The third-order valence-electron chi connectivity index (χ3n) is 2.46. The fourth-order valence-electron chi connectivity index (χ4n) is 1.57. The number of rotatable bonds is 3. The molecule has 0 aliphatic carbocycles. The van der Waals surface area contributed by atoms with E-state index in [-0.39, 0.29) is 17.7 Å². The van der Waals surface area contributed by atoms with Gasteiger partial charge in [0.15, 0.2) is 0 Å². The summed E-state index contributed by atoms with van der Waals surface area (Å²) in [6.07, 6.45) is -0.124. The van der Waals surface area contributed by atoms with Crippen molar-refractivity contribution in [1.29, 1.82) is 0 Å². The molecule has 0 fully saturated rings. The molecule has 1 N–H and O–H groups in total. The Morgan fingerprint density at radius 2 is 1.56 bits per heavy atom. The maximum atomic E-state index is 13.3. The number of hydrogen-bond donors (Lipinski definition) is 1. The molecule has 0 unspecified atom stereocenters. The summed E-state index contributed by atoms with van der Waals surface area (Å²) in [6, 6.07) is 11.8. The number of benzene rings is 2. The van der Waals surface area contributed by atoms with Crippen LogP contribution in [-0.4, -0.2) is 5.91 Å². The maximum Gasteiger partial charge on any atom is 0.228 e. The summed E-state index contributed by atoms with van der Waals surface area (Å²) in [6.45, 7) is 0. The zero-order valence-corrected chi connectivity index (χ0v) is 9.49. The van der Waals surface area contributed by atoms with E-state index < -0.39 is 17.5 Å². The fraction of sp³-hybridized carbons (Fsp3) is 0.0714. The molecule has 0 spiro atoms. The largest absolute Gasteiger partial charge is 0.323 e. The fourth-order valence-corrected chi connectivity index (χ4v) is 1.57. The van der Waals surface area contributed by atoms with Gasteiger partial charge in [0.05, 0.1) is 12.1 Å². The highest BCUT2D eigenvalue weighted by Crippen LogP contribution is 2.13. The van der Waals surface area contributed by atoms with Gasteiger partial charge >= 0.3 is 0 Å². The number of hydrogen-bond acceptors (Lipinski definition) is 1. The van der Waals surface area contributed by atoms with E-state index in [0.717, 1.165) is 0 Å². The molecule has 0 bridgehead atoms.